The van der Waals surface area contributed by atoms with Gasteiger partial charge in [0.2, 0.25) is 5.91 Å². The van der Waals surface area contributed by atoms with E-state index in [-0.39, 0.29) is 18.9 Å². The van der Waals surface area contributed by atoms with E-state index in [9.17, 15) is 14.4 Å². The number of aromatic nitrogens is 2. The number of carbonyl (C=O) groups excluding carboxylic acids is 3. The number of rotatable bonds is 4. The Labute approximate surface area is 132 Å². The van der Waals surface area contributed by atoms with Crippen molar-refractivity contribution < 1.29 is 14.4 Å². The van der Waals surface area contributed by atoms with Crippen LogP contribution in [0.2, 0.25) is 0 Å². The Kier molecular flexibility index (Phi) is 3.73. The quantitative estimate of drug-likeness (QED) is 0.611. The molecule has 0 unspecified atom stereocenters. The minimum Gasteiger partial charge on any atom is -0.349 e. The first-order chi connectivity index (χ1) is 10.9. The van der Waals surface area contributed by atoms with Crippen LogP contribution in [0, 0.1) is 13.8 Å². The predicted octanol–water partition coefficient (Wildman–Crippen LogP) is 0.394. The SMILES string of the molecule is Cc1ccc2[nH]c(CNC(=O)C[C@@H]3NC(=O)NC3=O)nc2c1C. The lowest BCUT2D eigenvalue weighted by molar-refractivity contribution is -0.126. The summed E-state index contributed by atoms with van der Waals surface area (Å²) in [6.45, 7) is 4.25. The molecule has 0 radical (unpaired) electrons. The molecule has 120 valence electrons. The number of urea groups is 1. The van der Waals surface area contributed by atoms with Crippen molar-refractivity contribution in [3.63, 3.8) is 0 Å². The molecule has 1 aliphatic heterocycles. The molecule has 3 rings (SSSR count). The third-order valence-electron chi connectivity index (χ3n) is 3.93. The number of hydrogen-bond acceptors (Lipinski definition) is 4. The van der Waals surface area contributed by atoms with Crippen molar-refractivity contribution in [1.29, 1.82) is 0 Å². The average molecular weight is 315 g/mol. The van der Waals surface area contributed by atoms with Crippen molar-refractivity contribution in [3.8, 4) is 0 Å². The second kappa shape index (κ2) is 5.71. The number of nitrogens with zero attached hydrogens (tertiary/aromatic N) is 1. The third-order valence-corrected chi connectivity index (χ3v) is 3.93. The summed E-state index contributed by atoms with van der Waals surface area (Å²) < 4.78 is 0. The first kappa shape index (κ1) is 15.0. The highest BCUT2D eigenvalue weighted by atomic mass is 16.2. The number of H-pyrrole nitrogens is 1. The molecule has 1 atom stereocenters. The maximum Gasteiger partial charge on any atom is 0.322 e. The van der Waals surface area contributed by atoms with E-state index in [0.717, 1.165) is 22.2 Å². The summed E-state index contributed by atoms with van der Waals surface area (Å²) >= 11 is 0. The van der Waals surface area contributed by atoms with E-state index in [1.165, 1.54) is 0 Å². The highest BCUT2D eigenvalue weighted by molar-refractivity contribution is 6.05. The van der Waals surface area contributed by atoms with E-state index in [4.69, 9.17) is 0 Å². The van der Waals surface area contributed by atoms with Crippen LogP contribution < -0.4 is 16.0 Å². The van der Waals surface area contributed by atoms with Gasteiger partial charge in [-0.25, -0.2) is 9.78 Å². The van der Waals surface area contributed by atoms with Crippen LogP contribution in [0.5, 0.6) is 0 Å². The van der Waals surface area contributed by atoms with Gasteiger partial charge in [-0.3, -0.25) is 14.9 Å². The summed E-state index contributed by atoms with van der Waals surface area (Å²) in [5.74, 6) is -0.178. The van der Waals surface area contributed by atoms with Crippen LogP contribution in [-0.2, 0) is 16.1 Å². The van der Waals surface area contributed by atoms with Gasteiger partial charge in [0.1, 0.15) is 11.9 Å². The Morgan fingerprint density at radius 1 is 1.30 bits per heavy atom. The Balaban J connectivity index is 1.62. The van der Waals surface area contributed by atoms with Gasteiger partial charge in [0.15, 0.2) is 0 Å². The molecule has 2 heterocycles. The molecule has 1 aromatic carbocycles. The van der Waals surface area contributed by atoms with E-state index < -0.39 is 18.0 Å². The molecule has 8 nitrogen and oxygen atoms in total. The Hall–Kier alpha value is -2.90. The van der Waals surface area contributed by atoms with Gasteiger partial charge in [0, 0.05) is 0 Å². The molecule has 1 aliphatic rings. The fourth-order valence-electron chi connectivity index (χ4n) is 2.49. The zero-order chi connectivity index (χ0) is 16.6. The molecular weight excluding hydrogens is 298 g/mol. The standard InChI is InChI=1S/C15H17N5O3/c1-7-3-4-9-13(8(7)2)19-11(17-9)6-16-12(21)5-10-14(22)20-15(23)18-10/h3-4,10H,5-6H2,1-2H3,(H,16,21)(H,17,19)(H2,18,20,22,23)/t10-/m0/s1. The van der Waals surface area contributed by atoms with Gasteiger partial charge >= 0.3 is 6.03 Å². The molecule has 23 heavy (non-hydrogen) atoms. The van der Waals surface area contributed by atoms with Crippen LogP contribution in [0.1, 0.15) is 23.4 Å². The zero-order valence-corrected chi connectivity index (χ0v) is 12.8. The van der Waals surface area contributed by atoms with Crippen LogP contribution in [0.4, 0.5) is 4.79 Å². The van der Waals surface area contributed by atoms with Crippen molar-refractivity contribution in [1.82, 2.24) is 25.9 Å². The zero-order valence-electron chi connectivity index (χ0n) is 12.8. The molecule has 1 fully saturated rings. The summed E-state index contributed by atoms with van der Waals surface area (Å²) in [6, 6.07) is 2.58. The average Bonchev–Trinajstić information content (AvgIpc) is 3.05. The summed E-state index contributed by atoms with van der Waals surface area (Å²) in [4.78, 5) is 41.9. The smallest absolute Gasteiger partial charge is 0.322 e. The van der Waals surface area contributed by atoms with Crippen LogP contribution in [0.25, 0.3) is 11.0 Å². The molecule has 4 amide bonds. The fourth-order valence-corrected chi connectivity index (χ4v) is 2.49. The van der Waals surface area contributed by atoms with Gasteiger partial charge in [0.25, 0.3) is 5.91 Å². The molecule has 0 aliphatic carbocycles. The van der Waals surface area contributed by atoms with Crippen molar-refractivity contribution in [2.75, 3.05) is 0 Å². The molecular formula is C15H17N5O3. The number of amides is 4. The van der Waals surface area contributed by atoms with Gasteiger partial charge in [-0.1, -0.05) is 6.07 Å². The topological polar surface area (TPSA) is 116 Å². The molecule has 1 aromatic heterocycles. The summed E-state index contributed by atoms with van der Waals surface area (Å²) in [7, 11) is 0. The number of aromatic amines is 1. The lowest BCUT2D eigenvalue weighted by atomic mass is 10.1. The molecule has 0 spiro atoms. The first-order valence-electron chi connectivity index (χ1n) is 7.27. The number of aryl methyl sites for hydroxylation is 2. The van der Waals surface area contributed by atoms with Crippen LogP contribution in [0.3, 0.4) is 0 Å². The lowest BCUT2D eigenvalue weighted by Crippen LogP contribution is -2.36. The number of imidazole rings is 1. The third kappa shape index (κ3) is 3.01. The fraction of sp³-hybridized carbons (Fsp3) is 0.333. The maximum atomic E-state index is 11.9. The lowest BCUT2D eigenvalue weighted by Gasteiger charge is -2.07. The van der Waals surface area contributed by atoms with Crippen molar-refractivity contribution in [3.05, 3.63) is 29.1 Å². The van der Waals surface area contributed by atoms with E-state index in [1.54, 1.807) is 0 Å². The van der Waals surface area contributed by atoms with Gasteiger partial charge in [-0.2, -0.15) is 0 Å². The second-order valence-electron chi connectivity index (χ2n) is 5.58. The normalized spacial score (nSPS) is 17.2. The van der Waals surface area contributed by atoms with Gasteiger partial charge in [-0.15, -0.1) is 0 Å². The Bertz CT molecular complexity index is 811. The second-order valence-corrected chi connectivity index (χ2v) is 5.58. The minimum atomic E-state index is -0.817. The number of nitrogens with one attached hydrogen (secondary N) is 4. The van der Waals surface area contributed by atoms with Crippen LogP contribution >= 0.6 is 0 Å². The largest absolute Gasteiger partial charge is 0.349 e. The first-order valence-corrected chi connectivity index (χ1v) is 7.27. The number of carbonyl (C=O) groups is 3. The molecule has 0 bridgehead atoms. The maximum absolute atomic E-state index is 11.9. The van der Waals surface area contributed by atoms with E-state index >= 15 is 0 Å². The van der Waals surface area contributed by atoms with Crippen LogP contribution in [-0.4, -0.2) is 33.9 Å². The molecule has 2 aromatic rings. The highest BCUT2D eigenvalue weighted by Gasteiger charge is 2.31. The van der Waals surface area contributed by atoms with Gasteiger partial charge in [-0.05, 0) is 31.0 Å². The monoisotopic (exact) mass is 315 g/mol. The van der Waals surface area contributed by atoms with Gasteiger partial charge in [0.05, 0.1) is 24.0 Å². The van der Waals surface area contributed by atoms with E-state index in [2.05, 4.69) is 25.9 Å². The molecule has 8 heteroatoms. The number of benzene rings is 1. The molecule has 0 saturated carbocycles. The number of hydrogen-bond donors (Lipinski definition) is 4. The van der Waals surface area contributed by atoms with E-state index in [0.29, 0.717) is 5.82 Å². The molecule has 1 saturated heterocycles. The van der Waals surface area contributed by atoms with Gasteiger partial charge < -0.3 is 15.6 Å². The highest BCUT2D eigenvalue weighted by Crippen LogP contribution is 2.19. The Morgan fingerprint density at radius 2 is 2.09 bits per heavy atom. The number of fused-ring (bicyclic) bond motifs is 1. The van der Waals surface area contributed by atoms with Crippen LogP contribution in [0.15, 0.2) is 12.1 Å². The minimum absolute atomic E-state index is 0.101. The molecule has 4 N–H and O–H groups in total. The number of imide groups is 1. The van der Waals surface area contributed by atoms with E-state index in [1.807, 2.05) is 26.0 Å². The van der Waals surface area contributed by atoms with Crippen molar-refractivity contribution in [2.45, 2.75) is 32.9 Å². The summed E-state index contributed by atoms with van der Waals surface area (Å²) in [6.07, 6.45) is -0.101. The van der Waals surface area contributed by atoms with Crippen molar-refractivity contribution >= 4 is 28.9 Å². The summed E-state index contributed by atoms with van der Waals surface area (Å²) in [5.41, 5.74) is 4.06. The predicted molar refractivity (Wildman–Crippen MR) is 82.5 cm³/mol. The van der Waals surface area contributed by atoms with Crippen molar-refractivity contribution in [2.24, 2.45) is 0 Å². The Morgan fingerprint density at radius 3 is 2.78 bits per heavy atom. The summed E-state index contributed by atoms with van der Waals surface area (Å²) in [5, 5.41) is 7.16.